The first kappa shape index (κ1) is 14.6. The molecule has 0 aliphatic carbocycles. The van der Waals surface area contributed by atoms with E-state index in [0.29, 0.717) is 0 Å². The fourth-order valence-corrected chi connectivity index (χ4v) is 1.48. The second kappa shape index (κ2) is 5.44. The number of carbonyl (C=O) groups is 1. The minimum Gasteiger partial charge on any atom is -0.293 e. The van der Waals surface area contributed by atoms with Crippen molar-refractivity contribution in [1.29, 1.82) is 5.26 Å². The van der Waals surface area contributed by atoms with Crippen LogP contribution in [0.15, 0.2) is 29.8 Å². The maximum absolute atomic E-state index is 12.0. The van der Waals surface area contributed by atoms with Crippen molar-refractivity contribution < 1.29 is 9.72 Å². The third kappa shape index (κ3) is 3.49. The molecule has 1 rings (SSSR count). The number of rotatable bonds is 3. The van der Waals surface area contributed by atoms with Crippen molar-refractivity contribution in [3.8, 4) is 6.07 Å². The maximum Gasteiger partial charge on any atom is 0.276 e. The van der Waals surface area contributed by atoms with Crippen LogP contribution in [0.3, 0.4) is 0 Å². The Morgan fingerprint density at radius 1 is 1.37 bits per heavy atom. The molecule has 0 aliphatic heterocycles. The van der Waals surface area contributed by atoms with Gasteiger partial charge in [0.05, 0.1) is 16.1 Å². The molecule has 1 aromatic carbocycles. The molecular weight excluding hydrogens is 244 g/mol. The molecule has 5 heteroatoms. The van der Waals surface area contributed by atoms with Crippen molar-refractivity contribution in [3.05, 3.63) is 45.5 Å². The van der Waals surface area contributed by atoms with Gasteiger partial charge in [0, 0.05) is 11.5 Å². The van der Waals surface area contributed by atoms with Crippen molar-refractivity contribution in [2.24, 2.45) is 5.41 Å². The highest BCUT2D eigenvalue weighted by Crippen LogP contribution is 2.24. The lowest BCUT2D eigenvalue weighted by Crippen LogP contribution is -2.21. The lowest BCUT2D eigenvalue weighted by molar-refractivity contribution is -0.385. The van der Waals surface area contributed by atoms with E-state index in [9.17, 15) is 14.9 Å². The molecule has 0 heterocycles. The first-order chi connectivity index (χ1) is 8.77. The number of nitriles is 1. The summed E-state index contributed by atoms with van der Waals surface area (Å²) in [5.41, 5.74) is -0.661. The molecule has 0 amide bonds. The van der Waals surface area contributed by atoms with Crippen LogP contribution in [-0.4, -0.2) is 10.7 Å². The van der Waals surface area contributed by atoms with Crippen molar-refractivity contribution in [1.82, 2.24) is 0 Å². The highest BCUT2D eigenvalue weighted by atomic mass is 16.6. The first-order valence-electron chi connectivity index (χ1n) is 5.67. The normalized spacial score (nSPS) is 11.8. The summed E-state index contributed by atoms with van der Waals surface area (Å²) in [6, 6.07) is 7.81. The Bertz CT molecular complexity index is 589. The minimum absolute atomic E-state index is 0.0817. The number of nitro groups is 1. The lowest BCUT2D eigenvalue weighted by Gasteiger charge is -2.15. The molecule has 0 saturated heterocycles. The number of nitrogens with zero attached hydrogens (tertiary/aromatic N) is 2. The van der Waals surface area contributed by atoms with Crippen LogP contribution < -0.4 is 0 Å². The number of carbonyl (C=O) groups excluding carboxylic acids is 1. The molecule has 98 valence electrons. The summed E-state index contributed by atoms with van der Waals surface area (Å²) in [6.45, 7) is 5.08. The molecule has 0 saturated carbocycles. The predicted octanol–water partition coefficient (Wildman–Crippen LogP) is 3.12. The third-order valence-electron chi connectivity index (χ3n) is 2.48. The summed E-state index contributed by atoms with van der Waals surface area (Å²) < 4.78 is 0. The predicted molar refractivity (Wildman–Crippen MR) is 71.1 cm³/mol. The van der Waals surface area contributed by atoms with E-state index >= 15 is 0 Å². The zero-order valence-electron chi connectivity index (χ0n) is 11.0. The summed E-state index contributed by atoms with van der Waals surface area (Å²) in [4.78, 5) is 22.3. The Balaban J connectivity index is 3.32. The van der Waals surface area contributed by atoms with Crippen LogP contribution in [0.2, 0.25) is 0 Å². The second-order valence-electron chi connectivity index (χ2n) is 5.06. The number of ketones is 1. The standard InChI is InChI=1S/C14H14N2O3/c1-14(2,3)13(17)11(9-15)8-10-6-4-5-7-12(10)16(18)19/h4-8H,1-3H3/b11-8-. The number of hydrogen-bond acceptors (Lipinski definition) is 4. The zero-order valence-corrected chi connectivity index (χ0v) is 11.0. The summed E-state index contributed by atoms with van der Waals surface area (Å²) in [5, 5.41) is 19.9. The minimum atomic E-state index is -0.703. The summed E-state index contributed by atoms with van der Waals surface area (Å²) in [5.74, 6) is -0.340. The number of nitro benzene ring substituents is 1. The van der Waals surface area contributed by atoms with Crippen LogP contribution in [-0.2, 0) is 4.79 Å². The molecule has 5 nitrogen and oxygen atoms in total. The first-order valence-corrected chi connectivity index (χ1v) is 5.67. The van der Waals surface area contributed by atoms with Gasteiger partial charge in [0.1, 0.15) is 6.07 Å². The SMILES string of the molecule is CC(C)(C)C(=O)/C(C#N)=C\c1ccccc1[N+](=O)[O-]. The Hall–Kier alpha value is -2.48. The average molecular weight is 258 g/mol. The van der Waals surface area contributed by atoms with Gasteiger partial charge in [-0.3, -0.25) is 14.9 Å². The largest absolute Gasteiger partial charge is 0.293 e. The van der Waals surface area contributed by atoms with Crippen molar-refractivity contribution in [2.45, 2.75) is 20.8 Å². The molecule has 1 aromatic rings. The number of allylic oxidation sites excluding steroid dienone is 1. The monoisotopic (exact) mass is 258 g/mol. The van der Waals surface area contributed by atoms with Crippen LogP contribution in [0.25, 0.3) is 6.08 Å². The van der Waals surface area contributed by atoms with Crippen molar-refractivity contribution >= 4 is 17.5 Å². The van der Waals surface area contributed by atoms with Gasteiger partial charge in [-0.1, -0.05) is 32.9 Å². The van der Waals surface area contributed by atoms with Crippen LogP contribution in [0.4, 0.5) is 5.69 Å². The van der Waals surface area contributed by atoms with Gasteiger partial charge in [-0.25, -0.2) is 0 Å². The smallest absolute Gasteiger partial charge is 0.276 e. The molecule has 0 N–H and O–H groups in total. The lowest BCUT2D eigenvalue weighted by atomic mass is 9.86. The maximum atomic E-state index is 12.0. The van der Waals surface area contributed by atoms with Crippen LogP contribution in [0.1, 0.15) is 26.3 Å². The molecule has 0 atom stereocenters. The van der Waals surface area contributed by atoms with E-state index in [1.807, 2.05) is 6.07 Å². The van der Waals surface area contributed by atoms with E-state index in [2.05, 4.69) is 0 Å². The molecule has 0 radical (unpaired) electrons. The van der Waals surface area contributed by atoms with Gasteiger partial charge in [0.25, 0.3) is 5.69 Å². The summed E-state index contributed by atoms with van der Waals surface area (Å²) in [7, 11) is 0. The van der Waals surface area contributed by atoms with Gasteiger partial charge in [-0.2, -0.15) is 5.26 Å². The molecule has 19 heavy (non-hydrogen) atoms. The van der Waals surface area contributed by atoms with E-state index in [0.717, 1.165) is 0 Å². The number of para-hydroxylation sites is 1. The fraction of sp³-hybridized carbons (Fsp3) is 0.286. The quantitative estimate of drug-likeness (QED) is 0.361. The van der Waals surface area contributed by atoms with Crippen LogP contribution in [0, 0.1) is 26.9 Å². The average Bonchev–Trinajstić information content (AvgIpc) is 2.34. The van der Waals surface area contributed by atoms with E-state index in [-0.39, 0.29) is 22.6 Å². The topological polar surface area (TPSA) is 84.0 Å². The Morgan fingerprint density at radius 3 is 2.42 bits per heavy atom. The van der Waals surface area contributed by atoms with Gasteiger partial charge in [0.2, 0.25) is 0 Å². The number of Topliss-reactive ketones (excluding diaryl/α,β-unsaturated/α-hetero) is 1. The van der Waals surface area contributed by atoms with Gasteiger partial charge in [0.15, 0.2) is 5.78 Å². The van der Waals surface area contributed by atoms with E-state index in [1.54, 1.807) is 26.8 Å². The molecule has 0 spiro atoms. The van der Waals surface area contributed by atoms with Crippen LogP contribution in [0.5, 0.6) is 0 Å². The van der Waals surface area contributed by atoms with E-state index in [1.165, 1.54) is 24.3 Å². The second-order valence-corrected chi connectivity index (χ2v) is 5.06. The molecular formula is C14H14N2O3. The highest BCUT2D eigenvalue weighted by molar-refractivity contribution is 6.06. The highest BCUT2D eigenvalue weighted by Gasteiger charge is 2.25. The van der Waals surface area contributed by atoms with Crippen LogP contribution >= 0.6 is 0 Å². The molecule has 0 aromatic heterocycles. The third-order valence-corrected chi connectivity index (χ3v) is 2.48. The fourth-order valence-electron chi connectivity index (χ4n) is 1.48. The van der Waals surface area contributed by atoms with Gasteiger partial charge < -0.3 is 0 Å². The molecule has 0 unspecified atom stereocenters. The molecule has 0 aliphatic rings. The Kier molecular flexibility index (Phi) is 4.18. The summed E-state index contributed by atoms with van der Waals surface area (Å²) >= 11 is 0. The van der Waals surface area contributed by atoms with E-state index in [4.69, 9.17) is 5.26 Å². The van der Waals surface area contributed by atoms with Crippen molar-refractivity contribution in [3.63, 3.8) is 0 Å². The van der Waals surface area contributed by atoms with E-state index < -0.39 is 10.3 Å². The molecule has 0 bridgehead atoms. The number of benzene rings is 1. The Morgan fingerprint density at radius 2 is 1.95 bits per heavy atom. The summed E-state index contributed by atoms with van der Waals surface area (Å²) in [6.07, 6.45) is 1.27. The van der Waals surface area contributed by atoms with Gasteiger partial charge >= 0.3 is 0 Å². The Labute approximate surface area is 111 Å². The van der Waals surface area contributed by atoms with Crippen molar-refractivity contribution in [2.75, 3.05) is 0 Å². The zero-order chi connectivity index (χ0) is 14.6. The number of hydrogen-bond donors (Lipinski definition) is 0. The van der Waals surface area contributed by atoms with Gasteiger partial charge in [-0.05, 0) is 12.1 Å². The van der Waals surface area contributed by atoms with Gasteiger partial charge in [-0.15, -0.1) is 0 Å². The molecule has 0 fully saturated rings.